The van der Waals surface area contributed by atoms with Crippen molar-refractivity contribution in [2.24, 2.45) is 5.92 Å². The number of rotatable bonds is 10. The molecule has 2 atom stereocenters. The molecule has 0 heterocycles. The Morgan fingerprint density at radius 1 is 1.23 bits per heavy atom. The fraction of sp³-hybridized carbons (Fsp3) is 0.667. The molecule has 3 amide bonds. The van der Waals surface area contributed by atoms with Gasteiger partial charge in [-0.15, -0.1) is 0 Å². The third-order valence-corrected chi connectivity index (χ3v) is 4.37. The molecular formula is C12H20IN3O5S. The SMILES string of the molecule is CC(C)[C@H](NC=O)C(=O)N[C@@H](C)C(=O)NCOCC(=O)SI. The average Bonchev–Trinajstić information content (AvgIpc) is 2.47. The van der Waals surface area contributed by atoms with Crippen LogP contribution in [-0.2, 0) is 23.9 Å². The van der Waals surface area contributed by atoms with Gasteiger partial charge >= 0.3 is 0 Å². The minimum absolute atomic E-state index is 0.104. The van der Waals surface area contributed by atoms with Crippen LogP contribution in [0.4, 0.5) is 0 Å². The summed E-state index contributed by atoms with van der Waals surface area (Å²) < 4.78 is 4.96. The number of carbonyl (C=O) groups is 4. The zero-order chi connectivity index (χ0) is 17.1. The second kappa shape index (κ2) is 11.7. The lowest BCUT2D eigenvalue weighted by molar-refractivity contribution is -0.132. The number of hydrogen-bond acceptors (Lipinski definition) is 6. The highest BCUT2D eigenvalue weighted by molar-refractivity contribution is 14.2. The molecule has 8 nitrogen and oxygen atoms in total. The van der Waals surface area contributed by atoms with Gasteiger partial charge in [0, 0.05) is 21.2 Å². The molecule has 3 N–H and O–H groups in total. The second-order valence-corrected chi connectivity index (χ2v) is 6.65. The normalized spacial score (nSPS) is 13.1. The van der Waals surface area contributed by atoms with Gasteiger partial charge in [0.25, 0.3) is 0 Å². The molecule has 0 unspecified atom stereocenters. The van der Waals surface area contributed by atoms with Crippen LogP contribution in [0.15, 0.2) is 0 Å². The predicted molar refractivity (Wildman–Crippen MR) is 91.0 cm³/mol. The Kier molecular flexibility index (Phi) is 11.2. The molecule has 0 spiro atoms. The Hall–Kier alpha value is -0.880. The van der Waals surface area contributed by atoms with E-state index in [-0.39, 0.29) is 24.4 Å². The van der Waals surface area contributed by atoms with Crippen LogP contribution in [0.25, 0.3) is 0 Å². The second-order valence-electron chi connectivity index (χ2n) is 4.72. The fourth-order valence-electron chi connectivity index (χ4n) is 1.44. The summed E-state index contributed by atoms with van der Waals surface area (Å²) in [6.07, 6.45) is 0.449. The molecule has 0 aromatic carbocycles. The van der Waals surface area contributed by atoms with Crippen LogP contribution >= 0.6 is 30.1 Å². The highest BCUT2D eigenvalue weighted by Crippen LogP contribution is 2.11. The quantitative estimate of drug-likeness (QED) is 0.188. The minimum Gasteiger partial charge on any atom is -0.353 e. The van der Waals surface area contributed by atoms with Gasteiger partial charge in [0.1, 0.15) is 25.4 Å². The maximum Gasteiger partial charge on any atom is 0.244 e. The largest absolute Gasteiger partial charge is 0.353 e. The van der Waals surface area contributed by atoms with Gasteiger partial charge in [0.2, 0.25) is 23.3 Å². The molecule has 0 rings (SSSR count). The minimum atomic E-state index is -0.791. The molecule has 0 bridgehead atoms. The van der Waals surface area contributed by atoms with E-state index < -0.39 is 23.9 Å². The number of nitrogens with one attached hydrogen (secondary N) is 3. The zero-order valence-corrected chi connectivity index (χ0v) is 15.5. The van der Waals surface area contributed by atoms with Crippen molar-refractivity contribution in [3.8, 4) is 0 Å². The highest BCUT2D eigenvalue weighted by Gasteiger charge is 2.24. The van der Waals surface area contributed by atoms with Gasteiger partial charge in [-0.1, -0.05) is 13.8 Å². The van der Waals surface area contributed by atoms with Gasteiger partial charge in [0.15, 0.2) is 0 Å². The van der Waals surface area contributed by atoms with Crippen LogP contribution in [0, 0.1) is 5.92 Å². The van der Waals surface area contributed by atoms with E-state index in [9.17, 15) is 19.2 Å². The van der Waals surface area contributed by atoms with Gasteiger partial charge in [0.05, 0.1) is 0 Å². The maximum atomic E-state index is 12.0. The van der Waals surface area contributed by atoms with Gasteiger partial charge < -0.3 is 20.7 Å². The average molecular weight is 445 g/mol. The zero-order valence-electron chi connectivity index (χ0n) is 12.6. The molecule has 22 heavy (non-hydrogen) atoms. The summed E-state index contributed by atoms with van der Waals surface area (Å²) in [6.45, 7) is 4.84. The van der Waals surface area contributed by atoms with Gasteiger partial charge in [-0.25, -0.2) is 0 Å². The fourth-order valence-corrected chi connectivity index (χ4v) is 1.95. The molecule has 0 aromatic rings. The Balaban J connectivity index is 4.20. The third kappa shape index (κ3) is 8.54. The van der Waals surface area contributed by atoms with Crippen LogP contribution in [0.2, 0.25) is 0 Å². The molecule has 0 aliphatic rings. The molecular weight excluding hydrogens is 425 g/mol. The van der Waals surface area contributed by atoms with Crippen LogP contribution in [0.5, 0.6) is 0 Å². The van der Waals surface area contributed by atoms with Gasteiger partial charge in [-0.3, -0.25) is 19.2 Å². The first-order chi connectivity index (χ1) is 10.3. The van der Waals surface area contributed by atoms with Crippen molar-refractivity contribution in [3.63, 3.8) is 0 Å². The smallest absolute Gasteiger partial charge is 0.244 e. The molecule has 0 aliphatic heterocycles. The predicted octanol–water partition coefficient (Wildman–Crippen LogP) is -0.0382. The summed E-state index contributed by atoms with van der Waals surface area (Å²) in [5.74, 6) is -1.00. The summed E-state index contributed by atoms with van der Waals surface area (Å²) in [6, 6.07) is -1.50. The van der Waals surface area contributed by atoms with Gasteiger partial charge in [-0.05, 0) is 21.8 Å². The van der Waals surface area contributed by atoms with Crippen molar-refractivity contribution in [1.29, 1.82) is 0 Å². The van der Waals surface area contributed by atoms with E-state index >= 15 is 0 Å². The topological polar surface area (TPSA) is 114 Å². The monoisotopic (exact) mass is 445 g/mol. The molecule has 0 saturated heterocycles. The number of amides is 3. The Morgan fingerprint density at radius 2 is 1.86 bits per heavy atom. The lowest BCUT2D eigenvalue weighted by Crippen LogP contribution is -2.53. The van der Waals surface area contributed by atoms with Gasteiger partial charge in [-0.2, -0.15) is 0 Å². The van der Waals surface area contributed by atoms with E-state index in [1.54, 1.807) is 13.8 Å². The molecule has 0 aromatic heterocycles. The Labute approximate surface area is 145 Å². The summed E-state index contributed by atoms with van der Waals surface area (Å²) in [5, 5.41) is 7.20. The maximum absolute atomic E-state index is 12.0. The standard InChI is InChI=1S/C12H20IN3O5S/c1-7(2)10(14-5-17)12(20)16-8(3)11(19)15-6-21-4-9(18)22-13/h5,7-8,10H,4,6H2,1-3H3,(H,14,17)(H,15,19)(H,16,20)/t8-,10-/m0/s1. The Morgan fingerprint density at radius 3 is 2.36 bits per heavy atom. The molecule has 0 aliphatic carbocycles. The van der Waals surface area contributed by atoms with Crippen LogP contribution < -0.4 is 16.0 Å². The van der Waals surface area contributed by atoms with E-state index in [1.807, 2.05) is 21.2 Å². The van der Waals surface area contributed by atoms with E-state index in [0.717, 1.165) is 8.93 Å². The number of carbonyl (C=O) groups excluding carboxylic acids is 4. The molecule has 0 saturated carbocycles. The van der Waals surface area contributed by atoms with Crippen molar-refractivity contribution < 1.29 is 23.9 Å². The molecule has 10 heteroatoms. The van der Waals surface area contributed by atoms with E-state index in [1.165, 1.54) is 6.92 Å². The van der Waals surface area contributed by atoms with Crippen LogP contribution in [0.1, 0.15) is 20.8 Å². The molecule has 0 radical (unpaired) electrons. The first-order valence-electron chi connectivity index (χ1n) is 6.50. The summed E-state index contributed by atoms with van der Waals surface area (Å²) in [7, 11) is 1.01. The number of hydrogen-bond donors (Lipinski definition) is 3. The molecule has 126 valence electrons. The third-order valence-electron chi connectivity index (χ3n) is 2.60. The first-order valence-corrected chi connectivity index (χ1v) is 9.86. The number of ether oxygens (including phenoxy) is 1. The van der Waals surface area contributed by atoms with Crippen LogP contribution in [0.3, 0.4) is 0 Å². The van der Waals surface area contributed by atoms with Crippen LogP contribution in [-0.4, -0.2) is 48.8 Å². The molecule has 0 fully saturated rings. The van der Waals surface area contributed by atoms with Crippen molar-refractivity contribution in [3.05, 3.63) is 0 Å². The van der Waals surface area contributed by atoms with Crippen molar-refractivity contribution in [2.75, 3.05) is 13.3 Å². The number of halogens is 1. The van der Waals surface area contributed by atoms with Crippen molar-refractivity contribution >= 4 is 53.5 Å². The summed E-state index contributed by atoms with van der Waals surface area (Å²) in [5.41, 5.74) is 0. The van der Waals surface area contributed by atoms with Crippen molar-refractivity contribution in [2.45, 2.75) is 32.9 Å². The summed E-state index contributed by atoms with van der Waals surface area (Å²) >= 11 is 1.84. The van der Waals surface area contributed by atoms with E-state index in [2.05, 4.69) is 16.0 Å². The van der Waals surface area contributed by atoms with Crippen molar-refractivity contribution in [1.82, 2.24) is 16.0 Å². The highest BCUT2D eigenvalue weighted by atomic mass is 127. The Bertz CT molecular complexity index is 408. The first kappa shape index (κ1) is 21.1. The summed E-state index contributed by atoms with van der Waals surface area (Å²) in [4.78, 5) is 45.2. The lowest BCUT2D eigenvalue weighted by Gasteiger charge is -2.22. The lowest BCUT2D eigenvalue weighted by atomic mass is 10.0. The van der Waals surface area contributed by atoms with E-state index in [4.69, 9.17) is 4.74 Å². The van der Waals surface area contributed by atoms with E-state index in [0.29, 0.717) is 6.41 Å².